The molecule has 0 aromatic carbocycles. The number of amides is 1. The van der Waals surface area contributed by atoms with Crippen LogP contribution in [0.5, 0.6) is 0 Å². The van der Waals surface area contributed by atoms with Gasteiger partial charge in [0.25, 0.3) is 0 Å². The topological polar surface area (TPSA) is 113 Å². The van der Waals surface area contributed by atoms with Gasteiger partial charge in [-0.25, -0.2) is 8.42 Å². The van der Waals surface area contributed by atoms with Crippen LogP contribution in [0.1, 0.15) is 14.8 Å². The van der Waals surface area contributed by atoms with Gasteiger partial charge >= 0.3 is 1.43 Å². The van der Waals surface area contributed by atoms with Crippen molar-refractivity contribution in [1.82, 2.24) is 4.90 Å². The second-order valence-electron chi connectivity index (χ2n) is 3.18. The molecule has 0 bridgehead atoms. The van der Waals surface area contributed by atoms with Gasteiger partial charge < -0.3 is 15.2 Å². The van der Waals surface area contributed by atoms with Gasteiger partial charge in [0.15, 0.2) is 0 Å². The summed E-state index contributed by atoms with van der Waals surface area (Å²) in [4.78, 5) is 11.5. The Morgan fingerprint density at radius 1 is 1.53 bits per heavy atom. The summed E-state index contributed by atoms with van der Waals surface area (Å²) in [7, 11) is 1.56. The standard InChI is InChI=1S/C3H5NO.C3H9N.C3H8O4S/c1-2-3(4)5;1-4(2)3;1-2-3-7-8(4,5)6/h2H,1H2,(H2,4,5);1-3H3;2-3H2,1H3,(H,4,5,6). The number of rotatable bonds is 4. The molecule has 2 N–H and O–H groups in total. The van der Waals surface area contributed by atoms with Crippen molar-refractivity contribution in [3.05, 3.63) is 12.7 Å². The molecule has 0 heterocycles. The highest BCUT2D eigenvalue weighted by Gasteiger charge is 1.88. The molecule has 0 aliphatic carbocycles. The van der Waals surface area contributed by atoms with Gasteiger partial charge in [-0.05, 0) is 33.6 Å². The molecule has 0 unspecified atom stereocenters. The molecule has 104 valence electrons. The van der Waals surface area contributed by atoms with Crippen molar-refractivity contribution in [2.75, 3.05) is 27.7 Å². The van der Waals surface area contributed by atoms with Crippen molar-refractivity contribution in [2.45, 2.75) is 13.3 Å². The highest BCUT2D eigenvalue weighted by atomic mass is 32.3. The largest absolute Gasteiger partial charge is 1.00 e. The molecule has 8 heteroatoms. The molecule has 0 spiro atoms. The molecule has 1 amide bonds. The fourth-order valence-corrected chi connectivity index (χ4v) is 0.556. The summed E-state index contributed by atoms with van der Waals surface area (Å²) >= 11 is 0. The monoisotopic (exact) mass is 270 g/mol. The summed E-state index contributed by atoms with van der Waals surface area (Å²) in [5.41, 5.74) is 4.53. The van der Waals surface area contributed by atoms with E-state index < -0.39 is 16.3 Å². The third kappa shape index (κ3) is 70.1. The van der Waals surface area contributed by atoms with Crippen LogP contribution in [-0.4, -0.2) is 51.5 Å². The van der Waals surface area contributed by atoms with Crippen LogP contribution < -0.4 is 5.73 Å². The highest BCUT2D eigenvalue weighted by Crippen LogP contribution is 1.86. The maximum Gasteiger partial charge on any atom is 1.00 e. The number of carbonyl (C=O) groups is 1. The van der Waals surface area contributed by atoms with E-state index in [0.717, 1.165) is 6.08 Å². The van der Waals surface area contributed by atoms with Crippen molar-refractivity contribution in [3.63, 3.8) is 0 Å². The minimum Gasteiger partial charge on any atom is -0.726 e. The molecule has 0 rings (SSSR count). The number of primary amides is 1. The Morgan fingerprint density at radius 2 is 1.82 bits per heavy atom. The number of carbonyl (C=O) groups excluding carboxylic acids is 1. The first-order chi connectivity index (χ1) is 7.56. The van der Waals surface area contributed by atoms with Gasteiger partial charge in [0, 0.05) is 0 Å². The van der Waals surface area contributed by atoms with Crippen molar-refractivity contribution in [3.8, 4) is 0 Å². The molecule has 0 saturated carbocycles. The molecule has 17 heavy (non-hydrogen) atoms. The van der Waals surface area contributed by atoms with Crippen molar-refractivity contribution in [2.24, 2.45) is 5.73 Å². The molecule has 0 aromatic rings. The Labute approximate surface area is 105 Å². The summed E-state index contributed by atoms with van der Waals surface area (Å²) in [5.74, 6) is -0.481. The Morgan fingerprint density at radius 3 is 1.88 bits per heavy atom. The van der Waals surface area contributed by atoms with Crippen LogP contribution in [0.4, 0.5) is 0 Å². The normalized spacial score (nSPS) is 9.53. The van der Waals surface area contributed by atoms with E-state index in [1.165, 1.54) is 0 Å². The predicted octanol–water partition coefficient (Wildman–Crippen LogP) is -0.179. The fourth-order valence-electron chi connectivity index (χ4n) is 0.185. The molecule has 0 aromatic heterocycles. The maximum atomic E-state index is 9.61. The lowest BCUT2D eigenvalue weighted by atomic mass is 10.5. The minimum absolute atomic E-state index is 0. The molecule has 0 fully saturated rings. The predicted molar refractivity (Wildman–Crippen MR) is 66.1 cm³/mol. The van der Waals surface area contributed by atoms with E-state index in [-0.39, 0.29) is 8.03 Å². The zero-order valence-corrected chi connectivity index (χ0v) is 11.5. The van der Waals surface area contributed by atoms with E-state index in [9.17, 15) is 17.8 Å². The zero-order valence-electron chi connectivity index (χ0n) is 11.7. The lowest BCUT2D eigenvalue weighted by Gasteiger charge is -2.04. The van der Waals surface area contributed by atoms with Crippen molar-refractivity contribution < 1.29 is 23.4 Å². The Hall–Kier alpha value is -0.960. The maximum absolute atomic E-state index is 9.61. The fraction of sp³-hybridized carbons (Fsp3) is 0.667. The molecular formula is C9H22N2O5S. The van der Waals surface area contributed by atoms with Crippen LogP contribution >= 0.6 is 0 Å². The van der Waals surface area contributed by atoms with E-state index in [0.29, 0.717) is 6.42 Å². The Balaban J connectivity index is -0.0000000855. The molecule has 0 aliphatic rings. The number of hydrogen-bond acceptors (Lipinski definition) is 6. The van der Waals surface area contributed by atoms with E-state index >= 15 is 0 Å². The number of nitrogens with two attached hydrogens (primary N) is 1. The summed E-state index contributed by atoms with van der Waals surface area (Å²) < 4.78 is 32.6. The molecular weight excluding hydrogens is 248 g/mol. The second kappa shape index (κ2) is 13.1. The molecule has 0 atom stereocenters. The lowest BCUT2D eigenvalue weighted by Crippen LogP contribution is -2.04. The average molecular weight is 270 g/mol. The SMILES string of the molecule is C=CC(N)=O.CCCOS(=O)(=O)[O-].CN(C)C.[H+]. The molecule has 0 aliphatic heterocycles. The Kier molecular flexibility index (Phi) is 16.5. The third-order valence-electron chi connectivity index (χ3n) is 0.633. The van der Waals surface area contributed by atoms with Gasteiger partial charge in [0.05, 0.1) is 6.61 Å². The van der Waals surface area contributed by atoms with E-state index in [2.05, 4.69) is 16.5 Å². The Bertz CT molecular complexity index is 291. The second-order valence-corrected chi connectivity index (χ2v) is 4.23. The average Bonchev–Trinajstić information content (AvgIpc) is 2.13. The highest BCUT2D eigenvalue weighted by molar-refractivity contribution is 7.80. The summed E-state index contributed by atoms with van der Waals surface area (Å²) in [6, 6.07) is 0. The van der Waals surface area contributed by atoms with Crippen LogP contribution in [0, 0.1) is 0 Å². The van der Waals surface area contributed by atoms with E-state index in [4.69, 9.17) is 0 Å². The van der Waals surface area contributed by atoms with Gasteiger partial charge in [-0.15, -0.1) is 0 Å². The van der Waals surface area contributed by atoms with Gasteiger partial charge in [-0.1, -0.05) is 13.5 Å². The van der Waals surface area contributed by atoms with Gasteiger partial charge in [0.1, 0.15) is 0 Å². The summed E-state index contributed by atoms with van der Waals surface area (Å²) in [6.45, 7) is 4.78. The van der Waals surface area contributed by atoms with Crippen LogP contribution in [0.2, 0.25) is 0 Å². The number of nitrogens with zero attached hydrogens (tertiary/aromatic N) is 1. The summed E-state index contributed by atoms with van der Waals surface area (Å²) in [6.07, 6.45) is 1.58. The zero-order chi connectivity index (χ0) is 14.5. The van der Waals surface area contributed by atoms with Gasteiger partial charge in [0.2, 0.25) is 16.3 Å². The first kappa shape index (κ1) is 21.3. The van der Waals surface area contributed by atoms with Gasteiger partial charge in [-0.2, -0.15) is 0 Å². The first-order valence-corrected chi connectivity index (χ1v) is 6.03. The van der Waals surface area contributed by atoms with E-state index in [1.807, 2.05) is 26.0 Å². The van der Waals surface area contributed by atoms with Gasteiger partial charge in [-0.3, -0.25) is 8.98 Å². The van der Waals surface area contributed by atoms with Crippen LogP contribution in [-0.2, 0) is 19.4 Å². The smallest absolute Gasteiger partial charge is 0.726 e. The quantitative estimate of drug-likeness (QED) is 0.431. The van der Waals surface area contributed by atoms with Crippen molar-refractivity contribution in [1.29, 1.82) is 0 Å². The van der Waals surface area contributed by atoms with Crippen LogP contribution in [0.15, 0.2) is 12.7 Å². The molecule has 0 radical (unpaired) electrons. The van der Waals surface area contributed by atoms with Crippen LogP contribution in [0.25, 0.3) is 0 Å². The van der Waals surface area contributed by atoms with Crippen LogP contribution in [0.3, 0.4) is 0 Å². The number of hydrogen-bond donors (Lipinski definition) is 1. The molecule has 7 nitrogen and oxygen atoms in total. The lowest BCUT2D eigenvalue weighted by molar-refractivity contribution is -0.113. The van der Waals surface area contributed by atoms with E-state index in [1.54, 1.807) is 6.92 Å². The first-order valence-electron chi connectivity index (χ1n) is 4.69. The third-order valence-corrected chi connectivity index (χ3v) is 1.09. The minimum atomic E-state index is -4.44. The van der Waals surface area contributed by atoms with Crippen molar-refractivity contribution >= 4 is 16.3 Å². The molecule has 0 saturated heterocycles. The summed E-state index contributed by atoms with van der Waals surface area (Å²) in [5, 5.41) is 0.